The summed E-state index contributed by atoms with van der Waals surface area (Å²) in [5, 5.41) is 42.0. The van der Waals surface area contributed by atoms with Gasteiger partial charge in [-0.05, 0) is 75.3 Å². The van der Waals surface area contributed by atoms with E-state index in [0.717, 1.165) is 0 Å². The monoisotopic (exact) mass is 360 g/mol. The van der Waals surface area contributed by atoms with E-state index in [9.17, 15) is 20.4 Å². The molecule has 4 atom stereocenters. The summed E-state index contributed by atoms with van der Waals surface area (Å²) in [6.07, 6.45) is -1.35. The second-order valence-corrected chi connectivity index (χ2v) is 10.2. The molecule has 0 aromatic heterocycles. The van der Waals surface area contributed by atoms with Crippen molar-refractivity contribution in [3.8, 4) is 0 Å². The maximum Gasteiger partial charge on any atom is 0.0977 e. The summed E-state index contributed by atoms with van der Waals surface area (Å²) in [6.45, 7) is 16.0. The first kappa shape index (κ1) is 22.8. The normalized spacial score (nSPS) is 39.2. The Bertz CT molecular complexity index is 462. The van der Waals surface area contributed by atoms with Crippen LogP contribution in [0, 0.1) is 0 Å². The Hall–Kier alpha value is -0.240. The number of piperidine rings is 2. The van der Waals surface area contributed by atoms with Crippen LogP contribution in [0.4, 0.5) is 0 Å². The molecule has 2 heterocycles. The predicted molar refractivity (Wildman–Crippen MR) is 100 cm³/mol. The summed E-state index contributed by atoms with van der Waals surface area (Å²) in [6, 6.07) is 0. The molecule has 2 rings (SSSR count). The first-order valence-electron chi connectivity index (χ1n) is 9.19. The third kappa shape index (κ3) is 4.93. The van der Waals surface area contributed by atoms with Gasteiger partial charge in [-0.15, -0.1) is 0 Å². The fourth-order valence-corrected chi connectivity index (χ4v) is 4.32. The first-order chi connectivity index (χ1) is 10.9. The molecule has 0 aromatic carbocycles. The number of hydrogen-bond donors (Lipinski definition) is 5. The van der Waals surface area contributed by atoms with E-state index in [1.165, 1.54) is 0 Å². The highest BCUT2D eigenvalue weighted by Gasteiger charge is 2.48. The number of likely N-dealkylation sites (tertiary alicyclic amines) is 1. The molecule has 0 radical (unpaired) electrons. The fraction of sp³-hybridized carbons (Fsp3) is 1.00. The van der Waals surface area contributed by atoms with Crippen LogP contribution in [0.3, 0.4) is 0 Å². The average molecular weight is 361 g/mol. The molecule has 5 N–H and O–H groups in total. The fourth-order valence-electron chi connectivity index (χ4n) is 4.32. The number of nitrogens with zero attached hydrogens (tertiary/aromatic N) is 1. The molecule has 2 saturated heterocycles. The van der Waals surface area contributed by atoms with Gasteiger partial charge in [0, 0.05) is 22.2 Å². The van der Waals surface area contributed by atoms with Gasteiger partial charge in [0.05, 0.1) is 24.4 Å². The van der Waals surface area contributed by atoms with Crippen molar-refractivity contribution in [3.63, 3.8) is 0 Å². The molecule has 0 bridgehead atoms. The molecule has 0 saturated carbocycles. The number of likely N-dealkylation sites (N-methyl/N-ethyl adjacent to an activating group) is 1. The van der Waals surface area contributed by atoms with Gasteiger partial charge in [0.1, 0.15) is 0 Å². The predicted octanol–water partition coefficient (Wildman–Crippen LogP) is 0.860. The van der Waals surface area contributed by atoms with Crippen molar-refractivity contribution in [2.24, 2.45) is 0 Å². The van der Waals surface area contributed by atoms with E-state index in [1.54, 1.807) is 0 Å². The van der Waals surface area contributed by atoms with Crippen molar-refractivity contribution in [3.05, 3.63) is 0 Å². The lowest BCUT2D eigenvalue weighted by atomic mass is 9.77. The van der Waals surface area contributed by atoms with Crippen molar-refractivity contribution in [1.82, 2.24) is 10.2 Å². The van der Waals surface area contributed by atoms with Crippen molar-refractivity contribution >= 4 is 0 Å². The van der Waals surface area contributed by atoms with Crippen LogP contribution in [0.15, 0.2) is 0 Å². The molecule has 0 amide bonds. The molecule has 2 aliphatic heterocycles. The van der Waals surface area contributed by atoms with E-state index < -0.39 is 30.0 Å². The molecule has 4 unspecified atom stereocenters. The van der Waals surface area contributed by atoms with E-state index in [2.05, 4.69) is 24.1 Å². The van der Waals surface area contributed by atoms with Crippen LogP contribution in [0.25, 0.3) is 0 Å². The highest BCUT2D eigenvalue weighted by Crippen LogP contribution is 2.36. The third-order valence-corrected chi connectivity index (χ3v) is 6.05. The highest BCUT2D eigenvalue weighted by atomic mass is 16.3. The summed E-state index contributed by atoms with van der Waals surface area (Å²) in [4.78, 5) is 2.14. The van der Waals surface area contributed by atoms with Crippen molar-refractivity contribution in [1.29, 1.82) is 0 Å². The number of hydrogen-bond acceptors (Lipinski definition) is 6. The molecular formula is C19H40N2O4. The number of nitrogens with one attached hydrogen (secondary N) is 1. The second kappa shape index (κ2) is 7.06. The zero-order valence-electron chi connectivity index (χ0n) is 17.5. The van der Waals surface area contributed by atoms with Gasteiger partial charge in [-0.1, -0.05) is 0 Å². The Morgan fingerprint density at radius 3 is 1.64 bits per heavy atom. The summed E-state index contributed by atoms with van der Waals surface area (Å²) >= 11 is 0. The highest BCUT2D eigenvalue weighted by molar-refractivity contribution is 5.04. The maximum absolute atomic E-state index is 9.82. The van der Waals surface area contributed by atoms with E-state index in [-0.39, 0.29) is 16.6 Å². The SMILES string of the molecule is CC1(C)CC(O)C(O)C(C)(C)N1.CN1C(C)(C)CC(O)C(O)C1(C)C. The quantitative estimate of drug-likeness (QED) is 0.440. The topological polar surface area (TPSA) is 96.2 Å². The largest absolute Gasteiger partial charge is 0.390 e. The molecule has 6 heteroatoms. The zero-order valence-corrected chi connectivity index (χ0v) is 17.5. The Morgan fingerprint density at radius 2 is 1.20 bits per heavy atom. The summed E-state index contributed by atoms with van der Waals surface area (Å²) in [5.74, 6) is 0. The Kier molecular flexibility index (Phi) is 6.44. The van der Waals surface area contributed by atoms with Crippen LogP contribution < -0.4 is 5.32 Å². The number of aliphatic hydroxyl groups excluding tert-OH is 4. The van der Waals surface area contributed by atoms with Crippen molar-refractivity contribution in [2.45, 2.75) is 115 Å². The molecule has 0 aliphatic carbocycles. The minimum atomic E-state index is -0.675. The van der Waals surface area contributed by atoms with Crippen molar-refractivity contribution < 1.29 is 20.4 Å². The van der Waals surface area contributed by atoms with Gasteiger partial charge in [0.15, 0.2) is 0 Å². The maximum atomic E-state index is 9.82. The van der Waals surface area contributed by atoms with Gasteiger partial charge in [0.25, 0.3) is 0 Å². The van der Waals surface area contributed by atoms with E-state index in [0.29, 0.717) is 12.8 Å². The van der Waals surface area contributed by atoms with Gasteiger partial charge in [-0.25, -0.2) is 0 Å². The summed E-state index contributed by atoms with van der Waals surface area (Å²) in [5.41, 5.74) is -0.910. The van der Waals surface area contributed by atoms with Gasteiger partial charge < -0.3 is 25.7 Å². The van der Waals surface area contributed by atoms with Crippen LogP contribution >= 0.6 is 0 Å². The first-order valence-corrected chi connectivity index (χ1v) is 9.19. The van der Waals surface area contributed by atoms with Crippen LogP contribution in [0.2, 0.25) is 0 Å². The average Bonchev–Trinajstić information content (AvgIpc) is 2.40. The van der Waals surface area contributed by atoms with Crippen LogP contribution in [-0.2, 0) is 0 Å². The van der Waals surface area contributed by atoms with Crippen molar-refractivity contribution in [2.75, 3.05) is 7.05 Å². The minimum absolute atomic E-state index is 0.0534. The zero-order chi connectivity index (χ0) is 20.0. The molecule has 25 heavy (non-hydrogen) atoms. The van der Waals surface area contributed by atoms with Crippen LogP contribution in [-0.4, -0.2) is 78.9 Å². The Morgan fingerprint density at radius 1 is 0.760 bits per heavy atom. The lowest BCUT2D eigenvalue weighted by Gasteiger charge is -2.55. The molecule has 2 aliphatic rings. The van der Waals surface area contributed by atoms with E-state index in [4.69, 9.17) is 0 Å². The lowest BCUT2D eigenvalue weighted by Crippen LogP contribution is -2.67. The molecule has 0 aromatic rings. The minimum Gasteiger partial charge on any atom is -0.390 e. The van der Waals surface area contributed by atoms with Crippen LogP contribution in [0.5, 0.6) is 0 Å². The lowest BCUT2D eigenvalue weighted by molar-refractivity contribution is -0.151. The Balaban J connectivity index is 0.000000251. The third-order valence-electron chi connectivity index (χ3n) is 6.05. The summed E-state index contributed by atoms with van der Waals surface area (Å²) < 4.78 is 0. The molecule has 6 nitrogen and oxygen atoms in total. The second-order valence-electron chi connectivity index (χ2n) is 10.2. The van der Waals surface area contributed by atoms with Gasteiger partial charge >= 0.3 is 0 Å². The van der Waals surface area contributed by atoms with Crippen LogP contribution in [0.1, 0.15) is 68.2 Å². The van der Waals surface area contributed by atoms with Gasteiger partial charge in [0.2, 0.25) is 0 Å². The smallest absolute Gasteiger partial charge is 0.0977 e. The Labute approximate surface area is 153 Å². The summed E-state index contributed by atoms with van der Waals surface area (Å²) in [7, 11) is 2.00. The molecule has 0 spiro atoms. The number of rotatable bonds is 0. The number of aliphatic hydroxyl groups is 4. The molecule has 2 fully saturated rings. The standard InChI is InChI=1S/C10H21NO2.C9H19NO2/c1-9(2)6-7(12)8(13)10(3,4)11(9)5;1-8(2)5-6(11)7(12)9(3,4)10-8/h7-8,12-13H,6H2,1-5H3;6-7,10-12H,5H2,1-4H3. The van der Waals surface area contributed by atoms with Gasteiger partial charge in [-0.2, -0.15) is 0 Å². The molecule has 150 valence electrons. The molecular weight excluding hydrogens is 320 g/mol. The van der Waals surface area contributed by atoms with Gasteiger partial charge in [-0.3, -0.25) is 4.90 Å². The van der Waals surface area contributed by atoms with E-state index >= 15 is 0 Å². The van der Waals surface area contributed by atoms with E-state index in [1.807, 2.05) is 48.6 Å².